The number of H-pyrrole nitrogens is 1. The molecule has 4 atom stereocenters. The molecule has 1 aromatic heterocycles. The maximum absolute atomic E-state index is 11.7. The fourth-order valence-electron chi connectivity index (χ4n) is 1.84. The molecule has 2 heterocycles. The molecule has 1 aliphatic heterocycles. The highest BCUT2D eigenvalue weighted by molar-refractivity contribution is 7.32. The van der Waals surface area contributed by atoms with Crippen LogP contribution in [0.5, 0.6) is 0 Å². The van der Waals surface area contributed by atoms with Gasteiger partial charge in [0.15, 0.2) is 6.23 Å². The van der Waals surface area contributed by atoms with E-state index in [1.807, 2.05) is 0 Å². The van der Waals surface area contributed by atoms with Gasteiger partial charge in [-0.3, -0.25) is 23.4 Å². The lowest BCUT2D eigenvalue weighted by Crippen LogP contribution is -2.38. The minimum absolute atomic E-state index is 0.144. The molecule has 0 saturated carbocycles. The summed E-state index contributed by atoms with van der Waals surface area (Å²) in [7, 11) is -3.30. The van der Waals surface area contributed by atoms with Gasteiger partial charge in [0, 0.05) is 11.8 Å². The first kappa shape index (κ1) is 14.2. The van der Waals surface area contributed by atoms with E-state index in [1.165, 1.54) is 13.1 Å². The maximum atomic E-state index is 11.7. The van der Waals surface area contributed by atoms with E-state index in [4.69, 9.17) is 14.2 Å². The van der Waals surface area contributed by atoms with Gasteiger partial charge in [0.25, 0.3) is 5.56 Å². The van der Waals surface area contributed by atoms with Crippen LogP contribution in [0.1, 0.15) is 11.8 Å². The van der Waals surface area contributed by atoms with Crippen LogP contribution in [-0.4, -0.2) is 38.4 Å². The van der Waals surface area contributed by atoms with E-state index in [2.05, 4.69) is 4.98 Å². The molecule has 106 valence electrons. The van der Waals surface area contributed by atoms with Crippen molar-refractivity contribution in [2.45, 2.75) is 25.4 Å². The third-order valence-corrected chi connectivity index (χ3v) is 3.23. The number of nitrogens with one attached hydrogen (secondary N) is 1. The molecule has 0 amide bonds. The molecule has 2 rings (SSSR count). The Morgan fingerprint density at radius 1 is 1.58 bits per heavy atom. The first-order valence-electron chi connectivity index (χ1n) is 5.41. The molecule has 1 saturated heterocycles. The monoisotopic (exact) mass is 292 g/mol. The lowest BCUT2D eigenvalue weighted by Gasteiger charge is -2.21. The van der Waals surface area contributed by atoms with Gasteiger partial charge in [-0.15, -0.1) is 0 Å². The average molecular weight is 292 g/mol. The molecule has 0 radical (unpaired) electrons. The zero-order valence-electron chi connectivity index (χ0n) is 9.90. The number of aromatic nitrogens is 2. The van der Waals surface area contributed by atoms with Gasteiger partial charge in [0.1, 0.15) is 12.2 Å². The SMILES string of the molecule is Cc1cn([C@@H]2OCC(O)C2O[PH](=O)O)c(=O)[nH]c1=O. The fourth-order valence-corrected chi connectivity index (χ4v) is 2.35. The number of aliphatic hydroxyl groups is 1. The van der Waals surface area contributed by atoms with E-state index < -0.39 is 37.9 Å². The summed E-state index contributed by atoms with van der Waals surface area (Å²) >= 11 is 0. The first-order valence-corrected chi connectivity index (χ1v) is 6.68. The fraction of sp³-hybridized carbons (Fsp3) is 0.556. The van der Waals surface area contributed by atoms with Gasteiger partial charge in [-0.1, -0.05) is 0 Å². The van der Waals surface area contributed by atoms with E-state index >= 15 is 0 Å². The summed E-state index contributed by atoms with van der Waals surface area (Å²) < 4.78 is 21.6. The molecule has 19 heavy (non-hydrogen) atoms. The topological polar surface area (TPSA) is 131 Å². The highest BCUT2D eigenvalue weighted by atomic mass is 31.1. The molecule has 1 fully saturated rings. The molecule has 1 aliphatic rings. The van der Waals surface area contributed by atoms with Gasteiger partial charge in [-0.05, 0) is 6.92 Å². The second-order valence-electron chi connectivity index (χ2n) is 4.12. The largest absolute Gasteiger partial charge is 0.388 e. The van der Waals surface area contributed by atoms with Crippen LogP contribution < -0.4 is 11.2 Å². The molecule has 3 N–H and O–H groups in total. The summed E-state index contributed by atoms with van der Waals surface area (Å²) in [6, 6.07) is 0. The van der Waals surface area contributed by atoms with Crippen molar-refractivity contribution in [2.24, 2.45) is 0 Å². The van der Waals surface area contributed by atoms with Crippen LogP contribution in [0.3, 0.4) is 0 Å². The number of aryl methyl sites for hydroxylation is 1. The van der Waals surface area contributed by atoms with Crippen molar-refractivity contribution < 1.29 is 23.8 Å². The Morgan fingerprint density at radius 3 is 2.89 bits per heavy atom. The summed E-state index contributed by atoms with van der Waals surface area (Å²) in [5, 5.41) is 9.61. The van der Waals surface area contributed by atoms with Crippen LogP contribution in [0.2, 0.25) is 0 Å². The molecule has 1 aromatic rings. The number of nitrogens with zero attached hydrogens (tertiary/aromatic N) is 1. The predicted molar refractivity (Wildman–Crippen MR) is 63.1 cm³/mol. The Bertz CT molecular complexity index is 609. The number of hydrogen-bond donors (Lipinski definition) is 3. The van der Waals surface area contributed by atoms with Crippen molar-refractivity contribution >= 4 is 8.25 Å². The van der Waals surface area contributed by atoms with E-state index in [1.54, 1.807) is 0 Å². The molecule has 3 unspecified atom stereocenters. The minimum Gasteiger partial charge on any atom is -0.388 e. The molecule has 0 aromatic carbocycles. The summed E-state index contributed by atoms with van der Waals surface area (Å²) in [5.41, 5.74) is -1.02. The van der Waals surface area contributed by atoms with Gasteiger partial charge in [-0.2, -0.15) is 0 Å². The molecule has 10 heteroatoms. The Balaban J connectivity index is 2.40. The van der Waals surface area contributed by atoms with Crippen molar-refractivity contribution in [3.63, 3.8) is 0 Å². The number of hydrogen-bond acceptors (Lipinski definition) is 6. The first-order chi connectivity index (χ1) is 8.90. The van der Waals surface area contributed by atoms with Gasteiger partial charge in [0.2, 0.25) is 0 Å². The number of aliphatic hydroxyl groups excluding tert-OH is 1. The Hall–Kier alpha value is -1.25. The van der Waals surface area contributed by atoms with Gasteiger partial charge in [-0.25, -0.2) is 4.79 Å². The van der Waals surface area contributed by atoms with E-state index in [0.29, 0.717) is 0 Å². The molecule has 0 spiro atoms. The lowest BCUT2D eigenvalue weighted by molar-refractivity contribution is -0.00917. The summed E-state index contributed by atoms with van der Waals surface area (Å²) in [5.74, 6) is 0. The average Bonchev–Trinajstić information content (AvgIpc) is 2.65. The molecular weight excluding hydrogens is 279 g/mol. The van der Waals surface area contributed by atoms with Crippen LogP contribution in [0, 0.1) is 6.92 Å². The van der Waals surface area contributed by atoms with Crippen molar-refractivity contribution in [1.29, 1.82) is 0 Å². The molecule has 0 aliphatic carbocycles. The zero-order valence-corrected chi connectivity index (χ0v) is 10.9. The smallest absolute Gasteiger partial charge is 0.330 e. The highest BCUT2D eigenvalue weighted by Gasteiger charge is 2.40. The lowest BCUT2D eigenvalue weighted by atomic mass is 10.2. The van der Waals surface area contributed by atoms with Crippen molar-refractivity contribution in [3.05, 3.63) is 32.6 Å². The van der Waals surface area contributed by atoms with E-state index in [9.17, 15) is 19.3 Å². The highest BCUT2D eigenvalue weighted by Crippen LogP contribution is 2.32. The van der Waals surface area contributed by atoms with Gasteiger partial charge >= 0.3 is 13.9 Å². The maximum Gasteiger partial charge on any atom is 0.330 e. The van der Waals surface area contributed by atoms with E-state index in [0.717, 1.165) is 4.57 Å². The standard InChI is InChI=1S/C9H13N2O7P/c1-4-2-11(9(14)10-7(4)13)8-6(18-19(15)16)5(12)3-17-8/h2,5-6,8,12,19H,3H2,1H3,(H,15,16)(H,10,13,14)/t5?,6?,8-/m1/s1. The Labute approximate surface area is 107 Å². The van der Waals surface area contributed by atoms with Crippen LogP contribution >= 0.6 is 8.25 Å². The van der Waals surface area contributed by atoms with Crippen molar-refractivity contribution in [1.82, 2.24) is 9.55 Å². The summed E-state index contributed by atoms with van der Waals surface area (Å²) in [6.45, 7) is 1.35. The minimum atomic E-state index is -3.30. The predicted octanol–water partition coefficient (Wildman–Crippen LogP) is -1.50. The van der Waals surface area contributed by atoms with Crippen LogP contribution in [-0.2, 0) is 13.8 Å². The van der Waals surface area contributed by atoms with E-state index in [-0.39, 0.29) is 12.2 Å². The van der Waals surface area contributed by atoms with Gasteiger partial charge < -0.3 is 14.7 Å². The van der Waals surface area contributed by atoms with Crippen LogP contribution in [0.25, 0.3) is 0 Å². The zero-order chi connectivity index (χ0) is 14.2. The Morgan fingerprint density at radius 2 is 2.26 bits per heavy atom. The third-order valence-electron chi connectivity index (χ3n) is 2.75. The van der Waals surface area contributed by atoms with Gasteiger partial charge in [0.05, 0.1) is 6.61 Å². The number of rotatable bonds is 3. The van der Waals surface area contributed by atoms with Crippen LogP contribution in [0.15, 0.2) is 15.8 Å². The number of aromatic amines is 1. The van der Waals surface area contributed by atoms with Crippen molar-refractivity contribution in [3.8, 4) is 0 Å². The molecule has 9 nitrogen and oxygen atoms in total. The Kier molecular flexibility index (Phi) is 4.02. The second kappa shape index (κ2) is 5.40. The normalized spacial score (nSPS) is 28.5. The summed E-state index contributed by atoms with van der Waals surface area (Å²) in [4.78, 5) is 33.8. The number of ether oxygens (including phenoxy) is 1. The second-order valence-corrected chi connectivity index (χ2v) is 4.89. The van der Waals surface area contributed by atoms with Crippen LogP contribution in [0.4, 0.5) is 0 Å². The third kappa shape index (κ3) is 2.85. The van der Waals surface area contributed by atoms with Crippen molar-refractivity contribution in [2.75, 3.05) is 6.61 Å². The quantitative estimate of drug-likeness (QED) is 0.578. The molecular formula is C9H13N2O7P. The summed E-state index contributed by atoms with van der Waals surface area (Å²) in [6.07, 6.45) is -2.11. The molecule has 0 bridgehead atoms.